The van der Waals surface area contributed by atoms with Crippen LogP contribution in [0.4, 0.5) is 11.5 Å². The van der Waals surface area contributed by atoms with E-state index < -0.39 is 0 Å². The van der Waals surface area contributed by atoms with Gasteiger partial charge in [0.1, 0.15) is 5.15 Å². The number of halogens is 1. The molecule has 16 heavy (non-hydrogen) atoms. The molecule has 1 unspecified atom stereocenters. The molecule has 0 amide bonds. The van der Waals surface area contributed by atoms with Crippen LogP contribution in [0.3, 0.4) is 0 Å². The summed E-state index contributed by atoms with van der Waals surface area (Å²) in [7, 11) is 2.00. The lowest BCUT2D eigenvalue weighted by molar-refractivity contribution is 0.663. The van der Waals surface area contributed by atoms with E-state index in [1.54, 1.807) is 12.1 Å². The number of rotatable bonds is 5. The largest absolute Gasteiger partial charge is 0.396 e. The van der Waals surface area contributed by atoms with E-state index in [4.69, 9.17) is 17.3 Å². The van der Waals surface area contributed by atoms with Crippen molar-refractivity contribution in [2.75, 3.05) is 29.7 Å². The van der Waals surface area contributed by atoms with Gasteiger partial charge in [0.25, 0.3) is 0 Å². The van der Waals surface area contributed by atoms with Gasteiger partial charge in [0.05, 0.1) is 5.69 Å². The van der Waals surface area contributed by atoms with Crippen molar-refractivity contribution in [3.8, 4) is 0 Å². The standard InChI is InChI=1S/C11H18ClN3S/c1-8(6-7-16-3)15(2)11-9(13)4-5-10(12)14-11/h4-5,8H,6-7,13H2,1-3H3. The highest BCUT2D eigenvalue weighted by Crippen LogP contribution is 2.24. The summed E-state index contributed by atoms with van der Waals surface area (Å²) in [6.45, 7) is 2.16. The van der Waals surface area contributed by atoms with Crippen molar-refractivity contribution in [2.45, 2.75) is 19.4 Å². The van der Waals surface area contributed by atoms with Crippen LogP contribution in [-0.2, 0) is 0 Å². The van der Waals surface area contributed by atoms with Crippen molar-refractivity contribution >= 4 is 34.9 Å². The van der Waals surface area contributed by atoms with E-state index in [-0.39, 0.29) is 0 Å². The fourth-order valence-corrected chi connectivity index (χ4v) is 2.13. The van der Waals surface area contributed by atoms with Crippen LogP contribution in [0.2, 0.25) is 5.15 Å². The Labute approximate surface area is 106 Å². The van der Waals surface area contributed by atoms with Gasteiger partial charge in [-0.05, 0) is 37.5 Å². The molecule has 2 N–H and O–H groups in total. The second kappa shape index (κ2) is 6.21. The van der Waals surface area contributed by atoms with Crippen molar-refractivity contribution in [2.24, 2.45) is 0 Å². The van der Waals surface area contributed by atoms with Crippen molar-refractivity contribution < 1.29 is 0 Å². The maximum atomic E-state index is 5.89. The van der Waals surface area contributed by atoms with Crippen molar-refractivity contribution in [1.82, 2.24) is 4.98 Å². The molecule has 0 spiro atoms. The van der Waals surface area contributed by atoms with Crippen LogP contribution in [0.25, 0.3) is 0 Å². The molecule has 1 rings (SSSR count). The molecule has 0 aliphatic rings. The number of hydrogen-bond acceptors (Lipinski definition) is 4. The van der Waals surface area contributed by atoms with E-state index in [2.05, 4.69) is 23.1 Å². The summed E-state index contributed by atoms with van der Waals surface area (Å²) in [5.74, 6) is 1.90. The molecule has 0 aliphatic carbocycles. The molecule has 3 nitrogen and oxygen atoms in total. The third-order valence-electron chi connectivity index (χ3n) is 2.61. The zero-order valence-electron chi connectivity index (χ0n) is 9.90. The summed E-state index contributed by atoms with van der Waals surface area (Å²) in [5.41, 5.74) is 6.56. The minimum absolute atomic E-state index is 0.403. The van der Waals surface area contributed by atoms with Crippen molar-refractivity contribution in [1.29, 1.82) is 0 Å². The van der Waals surface area contributed by atoms with Gasteiger partial charge in [-0.25, -0.2) is 4.98 Å². The van der Waals surface area contributed by atoms with Crippen LogP contribution in [-0.4, -0.2) is 30.1 Å². The summed E-state index contributed by atoms with van der Waals surface area (Å²) in [6.07, 6.45) is 3.21. The Kier molecular flexibility index (Phi) is 5.22. The molecule has 0 aliphatic heterocycles. The van der Waals surface area contributed by atoms with Gasteiger partial charge in [-0.2, -0.15) is 11.8 Å². The highest BCUT2D eigenvalue weighted by molar-refractivity contribution is 7.98. The van der Waals surface area contributed by atoms with E-state index >= 15 is 0 Å². The molecule has 90 valence electrons. The summed E-state index contributed by atoms with van der Waals surface area (Å²) < 4.78 is 0. The van der Waals surface area contributed by atoms with Gasteiger partial charge >= 0.3 is 0 Å². The lowest BCUT2D eigenvalue weighted by Gasteiger charge is -2.26. The summed E-state index contributed by atoms with van der Waals surface area (Å²) >= 11 is 7.72. The molecule has 5 heteroatoms. The second-order valence-corrected chi connectivity index (χ2v) is 5.16. The van der Waals surface area contributed by atoms with Crippen molar-refractivity contribution in [3.05, 3.63) is 17.3 Å². The topological polar surface area (TPSA) is 42.2 Å². The van der Waals surface area contributed by atoms with Crippen molar-refractivity contribution in [3.63, 3.8) is 0 Å². The minimum Gasteiger partial charge on any atom is -0.396 e. The van der Waals surface area contributed by atoms with Crippen LogP contribution in [0.5, 0.6) is 0 Å². The Morgan fingerprint density at radius 3 is 2.88 bits per heavy atom. The Hall–Kier alpha value is -0.610. The Morgan fingerprint density at radius 1 is 1.56 bits per heavy atom. The zero-order chi connectivity index (χ0) is 12.1. The van der Waals surface area contributed by atoms with Crippen LogP contribution >= 0.6 is 23.4 Å². The minimum atomic E-state index is 0.403. The zero-order valence-corrected chi connectivity index (χ0v) is 11.5. The number of nitrogens with zero attached hydrogens (tertiary/aromatic N) is 2. The second-order valence-electron chi connectivity index (χ2n) is 3.79. The fourth-order valence-electron chi connectivity index (χ4n) is 1.41. The van der Waals surface area contributed by atoms with E-state index in [0.29, 0.717) is 16.9 Å². The lowest BCUT2D eigenvalue weighted by atomic mass is 10.2. The van der Waals surface area contributed by atoms with Gasteiger partial charge in [-0.15, -0.1) is 0 Å². The van der Waals surface area contributed by atoms with Gasteiger partial charge in [0, 0.05) is 13.1 Å². The maximum absolute atomic E-state index is 5.89. The fraction of sp³-hybridized carbons (Fsp3) is 0.545. The molecule has 0 bridgehead atoms. The average Bonchev–Trinajstić information content (AvgIpc) is 2.28. The van der Waals surface area contributed by atoms with E-state index in [9.17, 15) is 0 Å². The molecule has 0 saturated carbocycles. The first-order valence-electron chi connectivity index (χ1n) is 5.20. The number of hydrogen-bond donors (Lipinski definition) is 1. The van der Waals surface area contributed by atoms with Crippen LogP contribution in [0, 0.1) is 0 Å². The molecular weight excluding hydrogens is 242 g/mol. The average molecular weight is 260 g/mol. The third kappa shape index (κ3) is 3.46. The van der Waals surface area contributed by atoms with Gasteiger partial charge in [-0.3, -0.25) is 0 Å². The molecule has 1 atom stereocenters. The van der Waals surface area contributed by atoms with Gasteiger partial charge < -0.3 is 10.6 Å². The highest BCUT2D eigenvalue weighted by Gasteiger charge is 2.13. The molecule has 0 saturated heterocycles. The molecule has 0 fully saturated rings. The smallest absolute Gasteiger partial charge is 0.153 e. The molecular formula is C11H18ClN3S. The Morgan fingerprint density at radius 2 is 2.25 bits per heavy atom. The first-order valence-corrected chi connectivity index (χ1v) is 6.97. The van der Waals surface area contributed by atoms with Crippen LogP contribution < -0.4 is 10.6 Å². The SMILES string of the molecule is CSCCC(C)N(C)c1nc(Cl)ccc1N. The number of pyridine rings is 1. The van der Waals surface area contributed by atoms with Gasteiger partial charge in [0.15, 0.2) is 5.82 Å². The number of thioether (sulfide) groups is 1. The Balaban J connectivity index is 2.78. The monoisotopic (exact) mass is 259 g/mol. The predicted molar refractivity (Wildman–Crippen MR) is 74.5 cm³/mol. The summed E-state index contributed by atoms with van der Waals surface area (Å²) in [4.78, 5) is 6.34. The molecule has 0 aromatic carbocycles. The summed E-state index contributed by atoms with van der Waals surface area (Å²) in [5, 5.41) is 0.480. The van der Waals surface area contributed by atoms with Crippen LogP contribution in [0.1, 0.15) is 13.3 Å². The van der Waals surface area contributed by atoms with E-state index in [0.717, 1.165) is 18.0 Å². The van der Waals surface area contributed by atoms with E-state index in [1.807, 2.05) is 18.8 Å². The third-order valence-corrected chi connectivity index (χ3v) is 3.46. The quantitative estimate of drug-likeness (QED) is 0.826. The number of nitrogen functional groups attached to an aromatic ring is 1. The maximum Gasteiger partial charge on any atom is 0.153 e. The number of anilines is 2. The molecule has 1 aromatic heterocycles. The van der Waals surface area contributed by atoms with Gasteiger partial charge in [-0.1, -0.05) is 11.6 Å². The number of aromatic nitrogens is 1. The molecule has 0 radical (unpaired) electrons. The van der Waals surface area contributed by atoms with Gasteiger partial charge in [0.2, 0.25) is 0 Å². The van der Waals surface area contributed by atoms with E-state index in [1.165, 1.54) is 0 Å². The van der Waals surface area contributed by atoms with Crippen LogP contribution in [0.15, 0.2) is 12.1 Å². The first-order chi connectivity index (χ1) is 7.56. The number of nitrogens with two attached hydrogens (primary N) is 1. The highest BCUT2D eigenvalue weighted by atomic mass is 35.5. The predicted octanol–water partition coefficient (Wildman–Crippen LogP) is 2.90. The first kappa shape index (κ1) is 13.5. The normalized spacial score (nSPS) is 12.5. The molecule has 1 heterocycles. The summed E-state index contributed by atoms with van der Waals surface area (Å²) in [6, 6.07) is 3.91. The lowest BCUT2D eigenvalue weighted by Crippen LogP contribution is -2.30. The Bertz CT molecular complexity index is 346. The molecule has 1 aromatic rings.